The lowest BCUT2D eigenvalue weighted by Gasteiger charge is -2.15. The van der Waals surface area contributed by atoms with Crippen LogP contribution >= 0.6 is 0 Å². The summed E-state index contributed by atoms with van der Waals surface area (Å²) in [5, 5.41) is 13.0. The second-order valence-electron chi connectivity index (χ2n) is 5.36. The summed E-state index contributed by atoms with van der Waals surface area (Å²) in [5.41, 5.74) is 1.89. The molecule has 3 rings (SSSR count). The van der Waals surface area contributed by atoms with Crippen LogP contribution in [0.25, 0.3) is 10.9 Å². The highest BCUT2D eigenvalue weighted by Crippen LogP contribution is 2.18. The van der Waals surface area contributed by atoms with Gasteiger partial charge in [-0.15, -0.1) is 0 Å². The zero-order valence-electron chi connectivity index (χ0n) is 12.6. The van der Waals surface area contributed by atoms with E-state index in [4.69, 9.17) is 0 Å². The molecule has 0 saturated heterocycles. The Bertz CT molecular complexity index is 868. The number of nitrogens with one attached hydrogen (secondary N) is 1. The number of carboxylic acid groups (broad SMARTS) is 1. The molecule has 0 unspecified atom stereocenters. The Morgan fingerprint density at radius 1 is 1.09 bits per heavy atom. The van der Waals surface area contributed by atoms with E-state index in [1.807, 2.05) is 29.9 Å². The van der Waals surface area contributed by atoms with E-state index < -0.39 is 17.9 Å². The zero-order valence-corrected chi connectivity index (χ0v) is 12.6. The molecule has 0 radical (unpaired) electrons. The lowest BCUT2D eigenvalue weighted by Crippen LogP contribution is -2.33. The average molecular weight is 308 g/mol. The van der Waals surface area contributed by atoms with Gasteiger partial charge in [0.1, 0.15) is 0 Å². The van der Waals surface area contributed by atoms with E-state index in [1.54, 1.807) is 42.5 Å². The molecule has 23 heavy (non-hydrogen) atoms. The van der Waals surface area contributed by atoms with E-state index in [-0.39, 0.29) is 0 Å². The molecule has 0 saturated carbocycles. The molecule has 0 fully saturated rings. The van der Waals surface area contributed by atoms with Crippen LogP contribution in [0.1, 0.15) is 22.0 Å². The Hall–Kier alpha value is -3.08. The largest absolute Gasteiger partial charge is 0.479 e. The summed E-state index contributed by atoms with van der Waals surface area (Å²) >= 11 is 0. The van der Waals surface area contributed by atoms with Crippen molar-refractivity contribution in [2.24, 2.45) is 7.05 Å². The van der Waals surface area contributed by atoms with E-state index in [0.29, 0.717) is 11.1 Å². The van der Waals surface area contributed by atoms with Gasteiger partial charge >= 0.3 is 5.97 Å². The Morgan fingerprint density at radius 2 is 1.83 bits per heavy atom. The first-order valence-electron chi connectivity index (χ1n) is 7.20. The van der Waals surface area contributed by atoms with E-state index >= 15 is 0 Å². The van der Waals surface area contributed by atoms with Gasteiger partial charge in [-0.05, 0) is 29.1 Å². The highest BCUT2D eigenvalue weighted by atomic mass is 16.4. The van der Waals surface area contributed by atoms with Crippen LogP contribution in [0, 0.1) is 0 Å². The minimum absolute atomic E-state index is 0.413. The first kappa shape index (κ1) is 14.8. The number of aryl methyl sites for hydroxylation is 1. The molecule has 1 aromatic heterocycles. The molecule has 0 aliphatic rings. The van der Waals surface area contributed by atoms with E-state index in [0.717, 1.165) is 10.9 Å². The summed E-state index contributed by atoms with van der Waals surface area (Å²) in [6.45, 7) is 0. The lowest BCUT2D eigenvalue weighted by atomic mass is 10.1. The molecule has 1 amide bonds. The van der Waals surface area contributed by atoms with Crippen LogP contribution in [0.4, 0.5) is 0 Å². The maximum Gasteiger partial charge on any atom is 0.330 e. The van der Waals surface area contributed by atoms with E-state index in [2.05, 4.69) is 5.32 Å². The van der Waals surface area contributed by atoms with Gasteiger partial charge < -0.3 is 15.0 Å². The number of benzene rings is 2. The molecule has 5 heteroatoms. The first-order chi connectivity index (χ1) is 11.1. The molecule has 2 N–H and O–H groups in total. The zero-order chi connectivity index (χ0) is 16.4. The summed E-state index contributed by atoms with van der Waals surface area (Å²) in [6, 6.07) is 14.8. The molecule has 3 aromatic rings. The maximum absolute atomic E-state index is 12.4. The first-order valence-corrected chi connectivity index (χ1v) is 7.20. The Morgan fingerprint density at radius 3 is 2.52 bits per heavy atom. The molecule has 0 aliphatic carbocycles. The SMILES string of the molecule is Cn1ccc2ccc(C(=O)N[C@@H](C(=O)O)c3ccccc3)cc21. The van der Waals surface area contributed by atoms with Crippen LogP contribution in [0.3, 0.4) is 0 Å². The van der Waals surface area contributed by atoms with Gasteiger partial charge in [0.25, 0.3) is 5.91 Å². The van der Waals surface area contributed by atoms with Gasteiger partial charge in [0.05, 0.1) is 0 Å². The Balaban J connectivity index is 1.88. The predicted octanol–water partition coefficient (Wildman–Crippen LogP) is 2.73. The van der Waals surface area contributed by atoms with Crippen molar-refractivity contribution in [3.05, 3.63) is 71.9 Å². The number of nitrogens with zero attached hydrogens (tertiary/aromatic N) is 1. The Labute approximate surface area is 133 Å². The molecule has 0 bridgehead atoms. The molecular weight excluding hydrogens is 292 g/mol. The van der Waals surface area contributed by atoms with Gasteiger partial charge in [-0.1, -0.05) is 36.4 Å². The van der Waals surface area contributed by atoms with Crippen molar-refractivity contribution in [2.75, 3.05) is 0 Å². The van der Waals surface area contributed by atoms with Gasteiger partial charge in [-0.25, -0.2) is 4.79 Å². The van der Waals surface area contributed by atoms with Crippen LogP contribution in [0.15, 0.2) is 60.8 Å². The number of amides is 1. The summed E-state index contributed by atoms with van der Waals surface area (Å²) < 4.78 is 1.91. The standard InChI is InChI=1S/C18H16N2O3/c1-20-10-9-12-7-8-14(11-15(12)20)17(21)19-16(18(22)23)13-5-3-2-4-6-13/h2-11,16H,1H3,(H,19,21)(H,22,23)/t16-/m1/s1. The second kappa shape index (κ2) is 5.96. The fourth-order valence-electron chi connectivity index (χ4n) is 2.55. The highest BCUT2D eigenvalue weighted by Gasteiger charge is 2.22. The van der Waals surface area contributed by atoms with Crippen LogP contribution in [-0.4, -0.2) is 21.6 Å². The summed E-state index contributed by atoms with van der Waals surface area (Å²) in [6.07, 6.45) is 1.91. The number of fused-ring (bicyclic) bond motifs is 1. The number of rotatable bonds is 4. The number of carbonyl (C=O) groups excluding carboxylic acids is 1. The van der Waals surface area contributed by atoms with Crippen molar-refractivity contribution < 1.29 is 14.7 Å². The minimum Gasteiger partial charge on any atom is -0.479 e. The molecular formula is C18H16N2O3. The number of carbonyl (C=O) groups is 2. The number of aliphatic carboxylic acids is 1. The maximum atomic E-state index is 12.4. The van der Waals surface area contributed by atoms with Crippen LogP contribution in [0.5, 0.6) is 0 Å². The highest BCUT2D eigenvalue weighted by molar-refractivity contribution is 5.99. The molecule has 1 heterocycles. The monoisotopic (exact) mass is 308 g/mol. The van der Waals surface area contributed by atoms with Crippen molar-refractivity contribution >= 4 is 22.8 Å². The third kappa shape index (κ3) is 2.94. The molecule has 1 atom stereocenters. The van der Waals surface area contributed by atoms with Crippen LogP contribution in [-0.2, 0) is 11.8 Å². The quantitative estimate of drug-likeness (QED) is 0.778. The van der Waals surface area contributed by atoms with Crippen molar-refractivity contribution in [3.63, 3.8) is 0 Å². The predicted molar refractivity (Wildman–Crippen MR) is 87.2 cm³/mol. The lowest BCUT2D eigenvalue weighted by molar-refractivity contribution is -0.139. The van der Waals surface area contributed by atoms with Crippen molar-refractivity contribution in [3.8, 4) is 0 Å². The Kier molecular flexibility index (Phi) is 3.85. The van der Waals surface area contributed by atoms with Crippen molar-refractivity contribution in [1.82, 2.24) is 9.88 Å². The van der Waals surface area contributed by atoms with Crippen molar-refractivity contribution in [1.29, 1.82) is 0 Å². The second-order valence-corrected chi connectivity index (χ2v) is 5.36. The average Bonchev–Trinajstić information content (AvgIpc) is 2.93. The van der Waals surface area contributed by atoms with Gasteiger partial charge in [-0.3, -0.25) is 4.79 Å². The summed E-state index contributed by atoms with van der Waals surface area (Å²) in [4.78, 5) is 23.9. The van der Waals surface area contributed by atoms with Gasteiger partial charge in [0.2, 0.25) is 0 Å². The fourth-order valence-corrected chi connectivity index (χ4v) is 2.55. The fraction of sp³-hybridized carbons (Fsp3) is 0.111. The van der Waals surface area contributed by atoms with Crippen molar-refractivity contribution in [2.45, 2.75) is 6.04 Å². The smallest absolute Gasteiger partial charge is 0.330 e. The molecule has 116 valence electrons. The van der Waals surface area contributed by atoms with Gasteiger partial charge in [0.15, 0.2) is 6.04 Å². The summed E-state index contributed by atoms with van der Waals surface area (Å²) in [5.74, 6) is -1.51. The minimum atomic E-state index is -1.09. The summed E-state index contributed by atoms with van der Waals surface area (Å²) in [7, 11) is 1.90. The number of aromatic nitrogens is 1. The van der Waals surface area contributed by atoms with E-state index in [9.17, 15) is 14.7 Å². The van der Waals surface area contributed by atoms with Crippen LogP contribution < -0.4 is 5.32 Å². The normalized spacial score (nSPS) is 12.0. The molecule has 0 aliphatic heterocycles. The third-order valence-corrected chi connectivity index (χ3v) is 3.81. The van der Waals surface area contributed by atoms with Gasteiger partial charge in [0, 0.05) is 24.3 Å². The number of hydrogen-bond donors (Lipinski definition) is 2. The van der Waals surface area contributed by atoms with E-state index in [1.165, 1.54) is 0 Å². The molecule has 2 aromatic carbocycles. The molecule has 5 nitrogen and oxygen atoms in total. The topological polar surface area (TPSA) is 71.3 Å². The molecule has 0 spiro atoms. The van der Waals surface area contributed by atoms with Gasteiger partial charge in [-0.2, -0.15) is 0 Å². The third-order valence-electron chi connectivity index (χ3n) is 3.81. The number of carboxylic acids is 1. The number of hydrogen-bond acceptors (Lipinski definition) is 2. The van der Waals surface area contributed by atoms with Crippen LogP contribution in [0.2, 0.25) is 0 Å².